The first-order valence-electron chi connectivity index (χ1n) is 7.08. The van der Waals surface area contributed by atoms with E-state index in [1.165, 1.54) is 51.6 Å². The molecule has 3 heteroatoms. The molecule has 3 rings (SSSR count). The fraction of sp³-hybridized carbons (Fsp3) is 1.00. The molecule has 92 valence electrons. The summed E-state index contributed by atoms with van der Waals surface area (Å²) < 4.78 is 0. The molecule has 1 aliphatic carbocycles. The SMILES string of the molecule is NCC1CCCC1NC1CCN2CCCC12. The highest BCUT2D eigenvalue weighted by Gasteiger charge is 2.39. The third kappa shape index (κ3) is 1.89. The van der Waals surface area contributed by atoms with Crippen LogP contribution in [0.15, 0.2) is 0 Å². The van der Waals surface area contributed by atoms with Gasteiger partial charge in [0.1, 0.15) is 0 Å². The van der Waals surface area contributed by atoms with E-state index in [-0.39, 0.29) is 0 Å². The highest BCUT2D eigenvalue weighted by molar-refractivity contribution is 4.98. The van der Waals surface area contributed by atoms with Crippen LogP contribution < -0.4 is 11.1 Å². The van der Waals surface area contributed by atoms with Crippen molar-refractivity contribution in [2.75, 3.05) is 19.6 Å². The van der Waals surface area contributed by atoms with E-state index in [9.17, 15) is 0 Å². The fourth-order valence-electron chi connectivity index (χ4n) is 4.09. The molecule has 0 radical (unpaired) electrons. The Hall–Kier alpha value is -0.120. The van der Waals surface area contributed by atoms with Gasteiger partial charge in [0.05, 0.1) is 0 Å². The molecule has 2 aliphatic heterocycles. The average Bonchev–Trinajstić information content (AvgIpc) is 2.96. The summed E-state index contributed by atoms with van der Waals surface area (Å²) in [5, 5.41) is 3.93. The number of hydrogen-bond donors (Lipinski definition) is 2. The predicted octanol–water partition coefficient (Wildman–Crippen LogP) is 0.940. The van der Waals surface area contributed by atoms with Crippen molar-refractivity contribution in [2.24, 2.45) is 11.7 Å². The Labute approximate surface area is 98.8 Å². The van der Waals surface area contributed by atoms with Crippen LogP contribution in [0.4, 0.5) is 0 Å². The Bertz CT molecular complexity index is 243. The molecule has 4 unspecified atom stereocenters. The lowest BCUT2D eigenvalue weighted by atomic mass is 10.00. The van der Waals surface area contributed by atoms with E-state index in [1.54, 1.807) is 0 Å². The van der Waals surface area contributed by atoms with Crippen molar-refractivity contribution < 1.29 is 0 Å². The quantitative estimate of drug-likeness (QED) is 0.748. The first-order valence-corrected chi connectivity index (χ1v) is 7.08. The molecule has 0 spiro atoms. The molecular weight excluding hydrogens is 198 g/mol. The third-order valence-corrected chi connectivity index (χ3v) is 5.00. The maximum absolute atomic E-state index is 5.85. The van der Waals surface area contributed by atoms with Gasteiger partial charge >= 0.3 is 0 Å². The second-order valence-electron chi connectivity index (χ2n) is 5.84. The molecule has 3 N–H and O–H groups in total. The van der Waals surface area contributed by atoms with E-state index in [4.69, 9.17) is 5.73 Å². The zero-order chi connectivity index (χ0) is 11.0. The van der Waals surface area contributed by atoms with Crippen LogP contribution in [0, 0.1) is 5.92 Å². The van der Waals surface area contributed by atoms with Crippen molar-refractivity contribution in [1.82, 2.24) is 10.2 Å². The Morgan fingerprint density at radius 3 is 2.81 bits per heavy atom. The minimum Gasteiger partial charge on any atom is -0.330 e. The Morgan fingerprint density at radius 1 is 1.00 bits per heavy atom. The van der Waals surface area contributed by atoms with Crippen LogP contribution in [-0.2, 0) is 0 Å². The summed E-state index contributed by atoms with van der Waals surface area (Å²) in [5.41, 5.74) is 5.85. The summed E-state index contributed by atoms with van der Waals surface area (Å²) in [6, 6.07) is 2.33. The van der Waals surface area contributed by atoms with Crippen LogP contribution >= 0.6 is 0 Å². The molecule has 1 saturated carbocycles. The zero-order valence-corrected chi connectivity index (χ0v) is 10.2. The lowest BCUT2D eigenvalue weighted by Gasteiger charge is -2.27. The van der Waals surface area contributed by atoms with E-state index in [0.717, 1.165) is 30.6 Å². The molecule has 0 aromatic carbocycles. The lowest BCUT2D eigenvalue weighted by Crippen LogP contribution is -2.47. The number of fused-ring (bicyclic) bond motifs is 1. The van der Waals surface area contributed by atoms with Gasteiger partial charge in [-0.1, -0.05) is 6.42 Å². The first kappa shape index (κ1) is 11.0. The van der Waals surface area contributed by atoms with Crippen LogP contribution in [0.25, 0.3) is 0 Å². The number of hydrogen-bond acceptors (Lipinski definition) is 3. The van der Waals surface area contributed by atoms with Gasteiger partial charge in [-0.15, -0.1) is 0 Å². The summed E-state index contributed by atoms with van der Waals surface area (Å²) in [6.07, 6.45) is 8.25. The molecule has 0 aromatic rings. The monoisotopic (exact) mass is 223 g/mol. The van der Waals surface area contributed by atoms with Crippen LogP contribution in [0.1, 0.15) is 38.5 Å². The molecule has 4 atom stereocenters. The Morgan fingerprint density at radius 2 is 1.94 bits per heavy atom. The van der Waals surface area contributed by atoms with Gasteiger partial charge in [0, 0.05) is 24.7 Å². The molecule has 2 saturated heterocycles. The van der Waals surface area contributed by atoms with Crippen molar-refractivity contribution in [3.8, 4) is 0 Å². The Kier molecular flexibility index (Phi) is 3.18. The normalized spacial score (nSPS) is 44.1. The van der Waals surface area contributed by atoms with Gasteiger partial charge < -0.3 is 11.1 Å². The van der Waals surface area contributed by atoms with Gasteiger partial charge in [0.15, 0.2) is 0 Å². The van der Waals surface area contributed by atoms with Gasteiger partial charge in [0.2, 0.25) is 0 Å². The maximum Gasteiger partial charge on any atom is 0.0250 e. The largest absolute Gasteiger partial charge is 0.330 e. The molecule has 16 heavy (non-hydrogen) atoms. The number of rotatable bonds is 3. The van der Waals surface area contributed by atoms with E-state index >= 15 is 0 Å². The molecule has 2 heterocycles. The molecule has 0 amide bonds. The van der Waals surface area contributed by atoms with Gasteiger partial charge in [-0.25, -0.2) is 0 Å². The fourth-order valence-corrected chi connectivity index (χ4v) is 4.09. The minimum absolute atomic E-state index is 0.718. The van der Waals surface area contributed by atoms with Crippen LogP contribution in [-0.4, -0.2) is 42.7 Å². The van der Waals surface area contributed by atoms with Crippen LogP contribution in [0.2, 0.25) is 0 Å². The second-order valence-corrected chi connectivity index (χ2v) is 5.84. The molecular formula is C13H25N3. The standard InChI is InChI=1S/C13H25N3/c14-9-10-3-1-4-11(10)15-12-6-8-16-7-2-5-13(12)16/h10-13,15H,1-9,14H2. The maximum atomic E-state index is 5.85. The molecule has 3 fully saturated rings. The van der Waals surface area contributed by atoms with Crippen molar-refractivity contribution >= 4 is 0 Å². The third-order valence-electron chi connectivity index (χ3n) is 5.00. The summed E-state index contributed by atoms with van der Waals surface area (Å²) >= 11 is 0. The van der Waals surface area contributed by atoms with Gasteiger partial charge in [-0.3, -0.25) is 4.90 Å². The number of nitrogens with zero attached hydrogens (tertiary/aromatic N) is 1. The summed E-state index contributed by atoms with van der Waals surface area (Å²) in [7, 11) is 0. The molecule has 0 aromatic heterocycles. The summed E-state index contributed by atoms with van der Waals surface area (Å²) in [4.78, 5) is 2.68. The van der Waals surface area contributed by atoms with E-state index in [0.29, 0.717) is 0 Å². The Balaban J connectivity index is 1.58. The first-order chi connectivity index (χ1) is 7.88. The van der Waals surface area contributed by atoms with Gasteiger partial charge in [0.25, 0.3) is 0 Å². The van der Waals surface area contributed by atoms with Gasteiger partial charge in [-0.05, 0) is 51.1 Å². The van der Waals surface area contributed by atoms with Crippen molar-refractivity contribution in [3.63, 3.8) is 0 Å². The predicted molar refractivity (Wildman–Crippen MR) is 66.3 cm³/mol. The smallest absolute Gasteiger partial charge is 0.0250 e. The highest BCUT2D eigenvalue weighted by atomic mass is 15.2. The number of nitrogens with two attached hydrogens (primary N) is 1. The number of nitrogens with one attached hydrogen (secondary N) is 1. The minimum atomic E-state index is 0.718. The van der Waals surface area contributed by atoms with Crippen molar-refractivity contribution in [1.29, 1.82) is 0 Å². The topological polar surface area (TPSA) is 41.3 Å². The summed E-state index contributed by atoms with van der Waals surface area (Å²) in [5.74, 6) is 0.746. The van der Waals surface area contributed by atoms with Crippen molar-refractivity contribution in [3.05, 3.63) is 0 Å². The van der Waals surface area contributed by atoms with Crippen molar-refractivity contribution in [2.45, 2.75) is 56.7 Å². The van der Waals surface area contributed by atoms with E-state index < -0.39 is 0 Å². The van der Waals surface area contributed by atoms with Gasteiger partial charge in [-0.2, -0.15) is 0 Å². The highest BCUT2D eigenvalue weighted by Crippen LogP contribution is 2.31. The van der Waals surface area contributed by atoms with E-state index in [1.807, 2.05) is 0 Å². The molecule has 3 aliphatic rings. The summed E-state index contributed by atoms with van der Waals surface area (Å²) in [6.45, 7) is 3.54. The second kappa shape index (κ2) is 4.63. The lowest BCUT2D eigenvalue weighted by molar-refractivity contribution is 0.275. The molecule has 0 bridgehead atoms. The molecule has 3 nitrogen and oxygen atoms in total. The van der Waals surface area contributed by atoms with Crippen LogP contribution in [0.5, 0.6) is 0 Å². The van der Waals surface area contributed by atoms with E-state index in [2.05, 4.69) is 10.2 Å². The average molecular weight is 223 g/mol. The zero-order valence-electron chi connectivity index (χ0n) is 10.2. The van der Waals surface area contributed by atoms with Crippen LogP contribution in [0.3, 0.4) is 0 Å².